The monoisotopic (exact) mass is 705 g/mol. The summed E-state index contributed by atoms with van der Waals surface area (Å²) < 4.78 is 41.0. The van der Waals surface area contributed by atoms with Crippen LogP contribution in [0.1, 0.15) is 87.2 Å². The fraction of sp³-hybridized carbons (Fsp3) is 0.472. The average Bonchev–Trinajstić information content (AvgIpc) is 3.68. The highest BCUT2D eigenvalue weighted by Crippen LogP contribution is 2.42. The minimum absolute atomic E-state index is 0.164. The fourth-order valence-electron chi connectivity index (χ4n) is 7.02. The van der Waals surface area contributed by atoms with Crippen LogP contribution in [0.15, 0.2) is 54.7 Å². The number of amides is 2. The number of carbonyl (C=O) groups excluding carboxylic acids is 1. The maximum atomic E-state index is 13.7. The summed E-state index contributed by atoms with van der Waals surface area (Å²) in [6.45, 7) is 6.46. The molecule has 3 heterocycles. The van der Waals surface area contributed by atoms with Crippen LogP contribution in [0, 0.1) is 0 Å². The second-order valence-electron chi connectivity index (χ2n) is 14.1. The number of sulfonamides is 1. The standard InChI is InChI=1S/C36H47N7O6S/c1-36(2,3)23-20-28(33(48-5)30(21-23)43(18-19-44)50(6,46)47)38-35(45)37-27-14-15-31(26-11-8-7-10-25(26)27)49-24-13-16-32-39-40-34(42(32)22-24)29-12-9-17-41(29)4/h7-8,10-11,13,16,20-22,27,29,31,44H,9,12,14-15,17-19H2,1-6H3,(H2,37,38,45)/t27-,29-,31+/m0/s1. The number of aliphatic hydroxyl groups excluding tert-OH is 1. The smallest absolute Gasteiger partial charge is 0.319 e. The third-order valence-corrected chi connectivity index (χ3v) is 10.8. The van der Waals surface area contributed by atoms with E-state index < -0.39 is 16.1 Å². The Balaban J connectivity index is 1.23. The summed E-state index contributed by atoms with van der Waals surface area (Å²) in [5, 5.41) is 24.6. The number of methoxy groups -OCH3 is 1. The highest BCUT2D eigenvalue weighted by Gasteiger charge is 2.32. The van der Waals surface area contributed by atoms with E-state index in [4.69, 9.17) is 9.47 Å². The molecule has 1 fully saturated rings. The molecule has 0 saturated carbocycles. The quantitative estimate of drug-likeness (QED) is 0.199. The van der Waals surface area contributed by atoms with Crippen LogP contribution in [0.3, 0.4) is 0 Å². The Morgan fingerprint density at radius 2 is 1.84 bits per heavy atom. The number of pyridine rings is 1. The molecule has 6 rings (SSSR count). The molecule has 2 aromatic carbocycles. The molecule has 268 valence electrons. The zero-order valence-electron chi connectivity index (χ0n) is 29.5. The molecule has 1 aliphatic carbocycles. The molecule has 2 aromatic heterocycles. The Morgan fingerprint density at radius 3 is 2.50 bits per heavy atom. The number of urea groups is 1. The topological polar surface area (TPSA) is 151 Å². The van der Waals surface area contributed by atoms with Gasteiger partial charge in [0.15, 0.2) is 17.2 Å². The van der Waals surface area contributed by atoms with Crippen LogP contribution in [0.25, 0.3) is 5.65 Å². The Hall–Kier alpha value is -4.40. The van der Waals surface area contributed by atoms with Gasteiger partial charge in [-0.15, -0.1) is 10.2 Å². The van der Waals surface area contributed by atoms with E-state index in [1.807, 2.05) is 67.8 Å². The average molecular weight is 706 g/mol. The number of ether oxygens (including phenoxy) is 2. The van der Waals surface area contributed by atoms with Gasteiger partial charge in [-0.25, -0.2) is 13.2 Å². The number of hydrogen-bond donors (Lipinski definition) is 3. The van der Waals surface area contributed by atoms with Crippen molar-refractivity contribution < 1.29 is 27.8 Å². The minimum atomic E-state index is -3.78. The van der Waals surface area contributed by atoms with Crippen LogP contribution >= 0.6 is 0 Å². The SMILES string of the molecule is COc1c(NC(=O)N[C@H]2CC[C@@H](Oc3ccc4nnc([C@@H]5CCCN5C)n4c3)c3ccccc32)cc(C(C)(C)C)cc1N(CCO)S(C)(=O)=O. The molecule has 2 amide bonds. The third-order valence-electron chi connectivity index (χ3n) is 9.60. The molecule has 0 bridgehead atoms. The summed E-state index contributed by atoms with van der Waals surface area (Å²) >= 11 is 0. The first-order valence-electron chi connectivity index (χ1n) is 17.0. The molecule has 0 unspecified atom stereocenters. The summed E-state index contributed by atoms with van der Waals surface area (Å²) in [4.78, 5) is 16.0. The van der Waals surface area contributed by atoms with Gasteiger partial charge in [0.1, 0.15) is 11.9 Å². The summed E-state index contributed by atoms with van der Waals surface area (Å²) in [5.74, 6) is 1.81. The molecule has 3 N–H and O–H groups in total. The second kappa shape index (κ2) is 14.1. The number of hydrogen-bond acceptors (Lipinski definition) is 9. The highest BCUT2D eigenvalue weighted by atomic mass is 32.2. The molecule has 50 heavy (non-hydrogen) atoms. The number of nitrogens with zero attached hydrogens (tertiary/aromatic N) is 5. The van der Waals surface area contributed by atoms with Gasteiger partial charge in [-0.1, -0.05) is 45.0 Å². The molecule has 1 aliphatic heterocycles. The molecular weight excluding hydrogens is 659 g/mol. The predicted molar refractivity (Wildman–Crippen MR) is 193 cm³/mol. The molecular formula is C36H47N7O6S. The molecule has 14 heteroatoms. The van der Waals surface area contributed by atoms with E-state index in [2.05, 4.69) is 32.8 Å². The fourth-order valence-corrected chi connectivity index (χ4v) is 7.93. The van der Waals surface area contributed by atoms with Crippen LogP contribution in [0.5, 0.6) is 11.5 Å². The Labute approximate surface area is 293 Å². The third kappa shape index (κ3) is 7.23. The summed E-state index contributed by atoms with van der Waals surface area (Å²) in [5.41, 5.74) is 3.68. The largest absolute Gasteiger partial charge is 0.492 e. The Bertz CT molecular complexity index is 1980. The number of rotatable bonds is 10. The van der Waals surface area contributed by atoms with Crippen molar-refractivity contribution in [3.63, 3.8) is 0 Å². The van der Waals surface area contributed by atoms with Crippen molar-refractivity contribution in [2.75, 3.05) is 49.7 Å². The highest BCUT2D eigenvalue weighted by molar-refractivity contribution is 7.92. The number of aliphatic hydroxyl groups is 1. The van der Waals surface area contributed by atoms with Crippen LogP contribution in [-0.4, -0.2) is 79.2 Å². The number of fused-ring (bicyclic) bond motifs is 2. The number of anilines is 2. The lowest BCUT2D eigenvalue weighted by atomic mass is 9.85. The van der Waals surface area contributed by atoms with E-state index in [-0.39, 0.29) is 48.2 Å². The normalized spacial score (nSPS) is 19.6. The lowest BCUT2D eigenvalue weighted by Gasteiger charge is -2.32. The van der Waals surface area contributed by atoms with E-state index in [1.165, 1.54) is 7.11 Å². The van der Waals surface area contributed by atoms with Gasteiger partial charge in [0.05, 0.1) is 56.2 Å². The molecule has 13 nitrogen and oxygen atoms in total. The molecule has 0 radical (unpaired) electrons. The maximum absolute atomic E-state index is 13.7. The van der Waals surface area contributed by atoms with E-state index in [9.17, 15) is 18.3 Å². The molecule has 3 atom stereocenters. The Morgan fingerprint density at radius 1 is 1.08 bits per heavy atom. The number of likely N-dealkylation sites (tertiary alicyclic amines) is 1. The minimum Gasteiger partial charge on any atom is -0.492 e. The lowest BCUT2D eigenvalue weighted by Crippen LogP contribution is -2.36. The van der Waals surface area contributed by atoms with Gasteiger partial charge in [0.2, 0.25) is 10.0 Å². The van der Waals surface area contributed by atoms with Gasteiger partial charge in [-0.3, -0.25) is 13.6 Å². The van der Waals surface area contributed by atoms with Crippen molar-refractivity contribution in [1.29, 1.82) is 0 Å². The van der Waals surface area contributed by atoms with Gasteiger partial charge in [0.25, 0.3) is 0 Å². The Kier molecular flexibility index (Phi) is 9.98. The summed E-state index contributed by atoms with van der Waals surface area (Å²) in [7, 11) is -0.239. The van der Waals surface area contributed by atoms with Crippen LogP contribution in [0.2, 0.25) is 0 Å². The summed E-state index contributed by atoms with van der Waals surface area (Å²) in [6.07, 6.45) is 6.28. The van der Waals surface area contributed by atoms with Crippen molar-refractivity contribution in [3.8, 4) is 11.5 Å². The van der Waals surface area contributed by atoms with E-state index in [0.717, 1.165) is 58.1 Å². The molecule has 1 saturated heterocycles. The molecule has 2 aliphatic rings. The van der Waals surface area contributed by atoms with Gasteiger partial charge in [0, 0.05) is 0 Å². The number of carbonyl (C=O) groups is 1. The van der Waals surface area contributed by atoms with Crippen molar-refractivity contribution in [2.24, 2.45) is 0 Å². The van der Waals surface area contributed by atoms with Crippen molar-refractivity contribution >= 4 is 33.1 Å². The summed E-state index contributed by atoms with van der Waals surface area (Å²) in [6, 6.07) is 14.8. The second-order valence-corrected chi connectivity index (χ2v) is 16.0. The van der Waals surface area contributed by atoms with Crippen LogP contribution in [0.4, 0.5) is 16.2 Å². The van der Waals surface area contributed by atoms with Crippen molar-refractivity contribution in [1.82, 2.24) is 24.8 Å². The lowest BCUT2D eigenvalue weighted by molar-refractivity contribution is 0.171. The number of nitrogens with one attached hydrogen (secondary N) is 2. The maximum Gasteiger partial charge on any atom is 0.319 e. The van der Waals surface area contributed by atoms with Gasteiger partial charge >= 0.3 is 6.03 Å². The van der Waals surface area contributed by atoms with E-state index >= 15 is 0 Å². The van der Waals surface area contributed by atoms with Crippen LogP contribution < -0.4 is 24.4 Å². The van der Waals surface area contributed by atoms with E-state index in [0.29, 0.717) is 24.3 Å². The van der Waals surface area contributed by atoms with E-state index in [1.54, 1.807) is 12.1 Å². The van der Waals surface area contributed by atoms with Crippen molar-refractivity contribution in [3.05, 3.63) is 77.2 Å². The predicted octanol–water partition coefficient (Wildman–Crippen LogP) is 5.34. The number of benzene rings is 2. The molecule has 0 spiro atoms. The zero-order chi connectivity index (χ0) is 35.8. The van der Waals surface area contributed by atoms with Crippen molar-refractivity contribution in [2.45, 2.75) is 70.1 Å². The van der Waals surface area contributed by atoms with Gasteiger partial charge < -0.3 is 25.2 Å². The number of aromatic nitrogens is 3. The van der Waals surface area contributed by atoms with Gasteiger partial charge in [-0.2, -0.15) is 0 Å². The first-order valence-corrected chi connectivity index (χ1v) is 18.8. The zero-order valence-corrected chi connectivity index (χ0v) is 30.3. The van der Waals surface area contributed by atoms with Gasteiger partial charge in [-0.05, 0) is 85.6 Å². The van der Waals surface area contributed by atoms with Crippen LogP contribution in [-0.2, 0) is 15.4 Å². The molecule has 4 aromatic rings. The first-order chi connectivity index (χ1) is 23.8. The first kappa shape index (κ1) is 35.4.